The molecular weight excluding hydrogens is 337 g/mol. The maximum absolute atomic E-state index is 14.7. The number of piperidine rings is 1. The summed E-state index contributed by atoms with van der Waals surface area (Å²) in [5.74, 6) is -0.361. The molecule has 2 aliphatic heterocycles. The number of cyclic esters (lactones) is 1. The van der Waals surface area contributed by atoms with Crippen LogP contribution < -0.4 is 20.7 Å². The van der Waals surface area contributed by atoms with Gasteiger partial charge in [0.1, 0.15) is 11.9 Å². The maximum atomic E-state index is 14.7. The number of carbonyl (C=O) groups excluding carboxylic acids is 1. The number of amides is 1. The van der Waals surface area contributed by atoms with Gasteiger partial charge in [-0.1, -0.05) is 5.57 Å². The lowest BCUT2D eigenvalue weighted by Gasteiger charge is -2.30. The Hall–Kier alpha value is -2.63. The fourth-order valence-electron chi connectivity index (χ4n) is 3.25. The molecule has 1 aromatic carbocycles. The largest absolute Gasteiger partial charge is 0.443 e. The molecule has 0 bridgehead atoms. The second-order valence-corrected chi connectivity index (χ2v) is 6.30. The van der Waals surface area contributed by atoms with Crippen LogP contribution in [0.1, 0.15) is 12.8 Å². The van der Waals surface area contributed by atoms with Crippen LogP contribution in [0.5, 0.6) is 0 Å². The number of hydrogen-bond acceptors (Lipinski definition) is 6. The van der Waals surface area contributed by atoms with E-state index in [1.165, 1.54) is 11.0 Å². The Morgan fingerprint density at radius 2 is 2.19 bits per heavy atom. The van der Waals surface area contributed by atoms with Gasteiger partial charge in [0, 0.05) is 25.7 Å². The fourth-order valence-corrected chi connectivity index (χ4v) is 3.25. The topological polar surface area (TPSA) is 80.6 Å². The first-order valence-corrected chi connectivity index (χ1v) is 8.62. The van der Waals surface area contributed by atoms with Crippen molar-refractivity contribution in [3.63, 3.8) is 0 Å². The first-order chi connectivity index (χ1) is 12.6. The Kier molecular flexibility index (Phi) is 5.71. The van der Waals surface area contributed by atoms with Crippen molar-refractivity contribution in [3.05, 3.63) is 35.7 Å². The van der Waals surface area contributed by atoms with Gasteiger partial charge in [-0.05, 0) is 38.1 Å². The van der Waals surface area contributed by atoms with E-state index in [-0.39, 0.29) is 11.9 Å². The quantitative estimate of drug-likeness (QED) is 0.618. The van der Waals surface area contributed by atoms with Crippen molar-refractivity contribution in [1.82, 2.24) is 10.9 Å². The predicted octanol–water partition coefficient (Wildman–Crippen LogP) is 1.93. The third-order valence-corrected chi connectivity index (χ3v) is 4.64. The lowest BCUT2D eigenvalue weighted by molar-refractivity contribution is 0.138. The van der Waals surface area contributed by atoms with Crippen molar-refractivity contribution in [3.8, 4) is 6.07 Å². The van der Waals surface area contributed by atoms with E-state index in [1.807, 2.05) is 4.90 Å². The molecule has 1 unspecified atom stereocenters. The molecule has 2 aliphatic rings. The molecule has 1 atom stereocenters. The standard InChI is InChI=1S/C18H22FN5O2/c1-21-22-11-15-12-24(18(25)26-15)14-2-3-17(16(19)10-14)23-8-5-13(4-7-20)6-9-23/h2-4,10,15,21-22H,5-6,8-9,11-12H2,1H3. The molecule has 0 aliphatic carbocycles. The molecule has 1 aromatic rings. The number of rotatable bonds is 5. The molecule has 2 heterocycles. The number of nitrogens with one attached hydrogen (secondary N) is 2. The molecule has 0 saturated carbocycles. The van der Waals surface area contributed by atoms with E-state index in [0.29, 0.717) is 37.6 Å². The minimum atomic E-state index is -0.468. The summed E-state index contributed by atoms with van der Waals surface area (Å²) < 4.78 is 19.9. The normalized spacial score (nSPS) is 20.1. The van der Waals surface area contributed by atoms with E-state index < -0.39 is 6.09 Å². The van der Waals surface area contributed by atoms with E-state index in [2.05, 4.69) is 16.9 Å². The van der Waals surface area contributed by atoms with Crippen LogP contribution in [0, 0.1) is 17.1 Å². The van der Waals surface area contributed by atoms with Gasteiger partial charge >= 0.3 is 6.09 Å². The van der Waals surface area contributed by atoms with Crippen LogP contribution in [0.3, 0.4) is 0 Å². The zero-order chi connectivity index (χ0) is 18.5. The molecule has 26 heavy (non-hydrogen) atoms. The highest BCUT2D eigenvalue weighted by Gasteiger charge is 2.32. The second-order valence-electron chi connectivity index (χ2n) is 6.30. The number of hydrogen-bond donors (Lipinski definition) is 2. The molecule has 2 saturated heterocycles. The van der Waals surface area contributed by atoms with Gasteiger partial charge in [-0.2, -0.15) is 5.26 Å². The van der Waals surface area contributed by atoms with Gasteiger partial charge in [0.2, 0.25) is 0 Å². The van der Waals surface area contributed by atoms with Crippen molar-refractivity contribution in [2.24, 2.45) is 0 Å². The Morgan fingerprint density at radius 1 is 1.42 bits per heavy atom. The molecule has 138 valence electrons. The van der Waals surface area contributed by atoms with Crippen LogP contribution in [0.25, 0.3) is 0 Å². The second kappa shape index (κ2) is 8.17. The predicted molar refractivity (Wildman–Crippen MR) is 96.2 cm³/mol. The van der Waals surface area contributed by atoms with Crippen LogP contribution in [0.2, 0.25) is 0 Å². The molecule has 1 amide bonds. The summed E-state index contributed by atoms with van der Waals surface area (Å²) in [5.41, 5.74) is 7.79. The minimum Gasteiger partial charge on any atom is -0.443 e. The number of benzene rings is 1. The third-order valence-electron chi connectivity index (χ3n) is 4.64. The highest BCUT2D eigenvalue weighted by molar-refractivity contribution is 5.90. The van der Waals surface area contributed by atoms with Crippen LogP contribution in [-0.2, 0) is 4.74 Å². The number of allylic oxidation sites excluding steroid dienone is 1. The Morgan fingerprint density at radius 3 is 2.85 bits per heavy atom. The number of nitriles is 1. The Labute approximate surface area is 152 Å². The average molecular weight is 359 g/mol. The van der Waals surface area contributed by atoms with Crippen molar-refractivity contribution < 1.29 is 13.9 Å². The summed E-state index contributed by atoms with van der Waals surface area (Å²) in [6, 6.07) is 6.88. The van der Waals surface area contributed by atoms with Crippen LogP contribution >= 0.6 is 0 Å². The van der Waals surface area contributed by atoms with Gasteiger partial charge in [-0.15, -0.1) is 0 Å². The lowest BCUT2D eigenvalue weighted by atomic mass is 10.0. The first kappa shape index (κ1) is 18.2. The summed E-state index contributed by atoms with van der Waals surface area (Å²) in [7, 11) is 1.74. The minimum absolute atomic E-state index is 0.287. The number of nitrogens with zero attached hydrogens (tertiary/aromatic N) is 3. The molecule has 8 heteroatoms. The summed E-state index contributed by atoms with van der Waals surface area (Å²) in [4.78, 5) is 15.4. The van der Waals surface area contributed by atoms with Gasteiger partial charge in [0.05, 0.1) is 24.0 Å². The maximum Gasteiger partial charge on any atom is 0.414 e. The van der Waals surface area contributed by atoms with E-state index in [0.717, 1.165) is 18.4 Å². The smallest absolute Gasteiger partial charge is 0.414 e. The van der Waals surface area contributed by atoms with E-state index in [1.54, 1.807) is 25.3 Å². The summed E-state index contributed by atoms with van der Waals surface area (Å²) in [6.07, 6.45) is 2.34. The zero-order valence-corrected chi connectivity index (χ0v) is 14.7. The number of anilines is 2. The fraction of sp³-hybridized carbons (Fsp3) is 0.444. The molecule has 0 aromatic heterocycles. The highest BCUT2D eigenvalue weighted by Crippen LogP contribution is 2.30. The summed E-state index contributed by atoms with van der Waals surface area (Å²) >= 11 is 0. The molecule has 0 radical (unpaired) electrons. The van der Waals surface area contributed by atoms with Crippen molar-refractivity contribution >= 4 is 17.5 Å². The number of halogens is 1. The summed E-state index contributed by atoms with van der Waals surface area (Å²) in [6.45, 7) is 2.20. The van der Waals surface area contributed by atoms with Crippen molar-refractivity contribution in [1.29, 1.82) is 5.26 Å². The van der Waals surface area contributed by atoms with E-state index in [9.17, 15) is 9.18 Å². The monoisotopic (exact) mass is 359 g/mol. The Balaban J connectivity index is 1.68. The number of ether oxygens (including phenoxy) is 1. The highest BCUT2D eigenvalue weighted by atomic mass is 19.1. The molecule has 3 rings (SSSR count). The van der Waals surface area contributed by atoms with E-state index in [4.69, 9.17) is 10.00 Å². The van der Waals surface area contributed by atoms with Crippen LogP contribution in [0.15, 0.2) is 29.8 Å². The zero-order valence-electron chi connectivity index (χ0n) is 14.7. The van der Waals surface area contributed by atoms with Crippen LogP contribution in [0.4, 0.5) is 20.6 Å². The number of hydrazine groups is 1. The SMILES string of the molecule is CNNCC1CN(c2ccc(N3CCC(=CC#N)CC3)c(F)c2)C(=O)O1. The Bertz CT molecular complexity index is 736. The summed E-state index contributed by atoms with van der Waals surface area (Å²) in [5, 5.41) is 8.72. The third kappa shape index (κ3) is 3.95. The van der Waals surface area contributed by atoms with Crippen molar-refractivity contribution in [2.45, 2.75) is 18.9 Å². The van der Waals surface area contributed by atoms with Gasteiger partial charge in [-0.25, -0.2) is 9.18 Å². The average Bonchev–Trinajstić information content (AvgIpc) is 3.02. The molecule has 7 nitrogen and oxygen atoms in total. The van der Waals surface area contributed by atoms with Gasteiger partial charge in [0.15, 0.2) is 0 Å². The molecule has 2 N–H and O–H groups in total. The van der Waals surface area contributed by atoms with Crippen LogP contribution in [-0.4, -0.2) is 45.4 Å². The molecular formula is C18H22FN5O2. The van der Waals surface area contributed by atoms with Gasteiger partial charge in [0.25, 0.3) is 0 Å². The van der Waals surface area contributed by atoms with Gasteiger partial charge in [-0.3, -0.25) is 15.8 Å². The first-order valence-electron chi connectivity index (χ1n) is 8.62. The molecule has 0 spiro atoms. The molecule has 2 fully saturated rings. The van der Waals surface area contributed by atoms with E-state index >= 15 is 0 Å². The van der Waals surface area contributed by atoms with Crippen molar-refractivity contribution in [2.75, 3.05) is 43.0 Å². The lowest BCUT2D eigenvalue weighted by Crippen LogP contribution is -2.37. The number of carbonyl (C=O) groups is 1. The van der Waals surface area contributed by atoms with Gasteiger partial charge < -0.3 is 9.64 Å².